The Bertz CT molecular complexity index is 169. The maximum absolute atomic E-state index is 9.57. The van der Waals surface area contributed by atoms with Crippen LogP contribution < -0.4 is 0 Å². The van der Waals surface area contributed by atoms with Gasteiger partial charge in [-0.15, -0.1) is 11.6 Å². The van der Waals surface area contributed by atoms with Crippen LogP contribution in [-0.4, -0.2) is 47.2 Å². The van der Waals surface area contributed by atoms with Crippen molar-refractivity contribution < 1.29 is 9.59 Å². The predicted octanol–water partition coefficient (Wildman–Crippen LogP) is 3.02. The molecular weight excluding hydrogens is 222 g/mol. The second-order valence-corrected chi connectivity index (χ2v) is 5.52. The molecule has 0 heterocycles. The van der Waals surface area contributed by atoms with Crippen molar-refractivity contribution in [1.82, 2.24) is 0 Å². The molecule has 0 rings (SSSR count). The number of likely N-dealkylation sites (N-methyl/N-ethyl adjacent to an activating group) is 1. The van der Waals surface area contributed by atoms with E-state index in [2.05, 4.69) is 20.8 Å². The Balaban J connectivity index is 4.20. The first-order valence-electron chi connectivity index (χ1n) is 6.66. The van der Waals surface area contributed by atoms with Crippen molar-refractivity contribution >= 4 is 11.6 Å². The van der Waals surface area contributed by atoms with Crippen molar-refractivity contribution in [3.05, 3.63) is 0 Å². The fourth-order valence-electron chi connectivity index (χ4n) is 2.32. The normalized spacial score (nSPS) is 16.1. The van der Waals surface area contributed by atoms with Crippen LogP contribution in [0.1, 0.15) is 47.0 Å². The van der Waals surface area contributed by atoms with Crippen LogP contribution in [0.25, 0.3) is 0 Å². The summed E-state index contributed by atoms with van der Waals surface area (Å²) in [6, 6.07) is 0. The van der Waals surface area contributed by atoms with Crippen molar-refractivity contribution in [2.24, 2.45) is 0 Å². The second kappa shape index (κ2) is 8.32. The van der Waals surface area contributed by atoms with Gasteiger partial charge in [0.2, 0.25) is 0 Å². The first-order chi connectivity index (χ1) is 7.49. The maximum Gasteiger partial charge on any atom is 0.105 e. The number of rotatable bonds is 9. The Morgan fingerprint density at radius 3 is 2.06 bits per heavy atom. The average Bonchev–Trinajstić information content (AvgIpc) is 2.24. The maximum atomic E-state index is 9.57. The molecule has 1 N–H and O–H groups in total. The summed E-state index contributed by atoms with van der Waals surface area (Å²) in [5.74, 6) is 0. The van der Waals surface area contributed by atoms with Gasteiger partial charge < -0.3 is 9.59 Å². The lowest BCUT2D eigenvalue weighted by molar-refractivity contribution is -0.927. The Kier molecular flexibility index (Phi) is 8.43. The lowest BCUT2D eigenvalue weighted by Crippen LogP contribution is -2.52. The summed E-state index contributed by atoms with van der Waals surface area (Å²) in [5, 5.41) is 9.87. The molecule has 2 atom stereocenters. The number of quaternary nitrogens is 1. The summed E-state index contributed by atoms with van der Waals surface area (Å²) in [5.41, 5.74) is 0. The van der Waals surface area contributed by atoms with Crippen LogP contribution in [0.4, 0.5) is 0 Å². The molecule has 0 aromatic carbocycles. The molecule has 0 fully saturated rings. The molecule has 0 saturated heterocycles. The van der Waals surface area contributed by atoms with E-state index in [0.29, 0.717) is 5.38 Å². The van der Waals surface area contributed by atoms with E-state index in [0.717, 1.165) is 49.9 Å². The smallest absolute Gasteiger partial charge is 0.105 e. The highest BCUT2D eigenvalue weighted by molar-refractivity contribution is 6.20. The van der Waals surface area contributed by atoms with Gasteiger partial charge in [-0.05, 0) is 27.2 Å². The number of aliphatic hydroxyl groups excluding tert-OH is 1. The number of hydrogen-bond acceptors (Lipinski definition) is 1. The van der Waals surface area contributed by atoms with Gasteiger partial charge in [-0.2, -0.15) is 0 Å². The van der Waals surface area contributed by atoms with E-state index in [9.17, 15) is 5.11 Å². The van der Waals surface area contributed by atoms with E-state index in [4.69, 9.17) is 11.6 Å². The van der Waals surface area contributed by atoms with Gasteiger partial charge in [-0.3, -0.25) is 0 Å². The van der Waals surface area contributed by atoms with Gasteiger partial charge in [0.1, 0.15) is 12.6 Å². The lowest BCUT2D eigenvalue weighted by atomic mass is 10.1. The van der Waals surface area contributed by atoms with Crippen molar-refractivity contribution in [3.8, 4) is 0 Å². The minimum Gasteiger partial charge on any atom is -0.388 e. The Morgan fingerprint density at radius 2 is 1.69 bits per heavy atom. The van der Waals surface area contributed by atoms with E-state index in [1.54, 1.807) is 0 Å². The topological polar surface area (TPSA) is 20.2 Å². The van der Waals surface area contributed by atoms with E-state index in [1.807, 2.05) is 6.92 Å². The quantitative estimate of drug-likeness (QED) is 0.493. The number of nitrogens with zero attached hydrogens (tertiary/aromatic N) is 1. The summed E-state index contributed by atoms with van der Waals surface area (Å²) in [7, 11) is 0. The second-order valence-electron chi connectivity index (χ2n) is 4.90. The van der Waals surface area contributed by atoms with E-state index < -0.39 is 0 Å². The molecule has 0 amide bonds. The van der Waals surface area contributed by atoms with Crippen molar-refractivity contribution in [3.63, 3.8) is 0 Å². The van der Waals surface area contributed by atoms with E-state index in [1.165, 1.54) is 0 Å². The molecule has 2 unspecified atom stereocenters. The Morgan fingerprint density at radius 1 is 1.12 bits per heavy atom. The molecule has 0 aliphatic heterocycles. The summed E-state index contributed by atoms with van der Waals surface area (Å²) >= 11 is 6.27. The van der Waals surface area contributed by atoms with Crippen LogP contribution in [0, 0.1) is 0 Å². The number of hydrogen-bond donors (Lipinski definition) is 1. The molecule has 0 aliphatic carbocycles. The van der Waals surface area contributed by atoms with Crippen LogP contribution in [0.15, 0.2) is 0 Å². The van der Waals surface area contributed by atoms with Gasteiger partial charge in [0.15, 0.2) is 0 Å². The molecule has 2 nitrogen and oxygen atoms in total. The molecular formula is C13H29ClNO+. The first kappa shape index (κ1) is 16.2. The summed E-state index contributed by atoms with van der Waals surface area (Å²) in [4.78, 5) is 0. The number of aliphatic hydroxyl groups is 1. The third kappa shape index (κ3) is 6.07. The minimum atomic E-state index is -0.222. The van der Waals surface area contributed by atoms with Gasteiger partial charge in [-0.25, -0.2) is 0 Å². The monoisotopic (exact) mass is 250 g/mol. The Labute approximate surface area is 106 Å². The molecule has 16 heavy (non-hydrogen) atoms. The van der Waals surface area contributed by atoms with E-state index >= 15 is 0 Å². The van der Waals surface area contributed by atoms with Gasteiger partial charge in [-0.1, -0.05) is 13.3 Å². The van der Waals surface area contributed by atoms with Gasteiger partial charge in [0.25, 0.3) is 0 Å². The van der Waals surface area contributed by atoms with Crippen LogP contribution in [0.3, 0.4) is 0 Å². The zero-order valence-corrected chi connectivity index (χ0v) is 12.1. The van der Waals surface area contributed by atoms with E-state index in [-0.39, 0.29) is 6.10 Å². The van der Waals surface area contributed by atoms with Crippen molar-refractivity contribution in [2.75, 3.05) is 26.2 Å². The standard InChI is InChI=1S/C13H29ClNO/c1-5-8-13(14)9-10-15(6-2,7-3)11-12(4)16/h12-13,16H,5-11H2,1-4H3/q+1. The molecule has 0 radical (unpaired) electrons. The molecule has 0 saturated carbocycles. The largest absolute Gasteiger partial charge is 0.388 e. The molecule has 0 aromatic heterocycles. The van der Waals surface area contributed by atoms with Gasteiger partial charge in [0.05, 0.1) is 19.6 Å². The fourth-order valence-corrected chi connectivity index (χ4v) is 2.64. The van der Waals surface area contributed by atoms with Crippen LogP contribution >= 0.6 is 11.6 Å². The van der Waals surface area contributed by atoms with Gasteiger partial charge >= 0.3 is 0 Å². The lowest BCUT2D eigenvalue weighted by Gasteiger charge is -2.38. The van der Waals surface area contributed by atoms with Crippen LogP contribution in [-0.2, 0) is 0 Å². The van der Waals surface area contributed by atoms with Crippen LogP contribution in [0.5, 0.6) is 0 Å². The van der Waals surface area contributed by atoms with Crippen molar-refractivity contribution in [1.29, 1.82) is 0 Å². The highest BCUT2D eigenvalue weighted by atomic mass is 35.5. The molecule has 0 aliphatic rings. The zero-order chi connectivity index (χ0) is 12.6. The number of halogens is 1. The molecule has 98 valence electrons. The first-order valence-corrected chi connectivity index (χ1v) is 7.10. The predicted molar refractivity (Wildman–Crippen MR) is 71.9 cm³/mol. The molecule has 0 aromatic rings. The third-order valence-corrected chi connectivity index (χ3v) is 3.95. The zero-order valence-electron chi connectivity index (χ0n) is 11.4. The SMILES string of the molecule is CCCC(Cl)CC[N+](CC)(CC)CC(C)O. The highest BCUT2D eigenvalue weighted by Crippen LogP contribution is 2.16. The molecule has 0 bridgehead atoms. The average molecular weight is 251 g/mol. The van der Waals surface area contributed by atoms with Crippen LogP contribution in [0.2, 0.25) is 0 Å². The summed E-state index contributed by atoms with van der Waals surface area (Å²) in [6.07, 6.45) is 3.09. The minimum absolute atomic E-state index is 0.222. The Hall–Kier alpha value is 0.210. The summed E-state index contributed by atoms with van der Waals surface area (Å²) in [6.45, 7) is 12.6. The van der Waals surface area contributed by atoms with Gasteiger partial charge in [0, 0.05) is 11.8 Å². The number of alkyl halides is 1. The molecule has 0 spiro atoms. The van der Waals surface area contributed by atoms with Crippen molar-refractivity contribution in [2.45, 2.75) is 58.4 Å². The third-order valence-electron chi connectivity index (χ3n) is 3.51. The molecule has 3 heteroatoms. The highest BCUT2D eigenvalue weighted by Gasteiger charge is 2.25. The fraction of sp³-hybridized carbons (Fsp3) is 1.00. The summed E-state index contributed by atoms with van der Waals surface area (Å²) < 4.78 is 0.991.